The van der Waals surface area contributed by atoms with E-state index >= 15 is 0 Å². The predicted octanol–water partition coefficient (Wildman–Crippen LogP) is 1.70. The third kappa shape index (κ3) is 4.55. The summed E-state index contributed by atoms with van der Waals surface area (Å²) in [5.74, 6) is 0.403. The first-order valence-corrected chi connectivity index (χ1v) is 9.09. The molecule has 2 N–H and O–H groups in total. The van der Waals surface area contributed by atoms with Crippen LogP contribution >= 0.6 is 0 Å². The zero-order chi connectivity index (χ0) is 19.3. The van der Waals surface area contributed by atoms with Crippen LogP contribution in [0.3, 0.4) is 0 Å². The first-order valence-electron chi connectivity index (χ1n) is 9.09. The van der Waals surface area contributed by atoms with Crippen LogP contribution in [0, 0.1) is 25.7 Å². The molecule has 1 aliphatic carbocycles. The smallest absolute Gasteiger partial charge is 0.343 e. The summed E-state index contributed by atoms with van der Waals surface area (Å²) in [6.45, 7) is 6.13. The van der Waals surface area contributed by atoms with E-state index in [0.717, 1.165) is 30.4 Å². The maximum atomic E-state index is 12.2. The molecule has 0 saturated carbocycles. The van der Waals surface area contributed by atoms with E-state index in [1.807, 2.05) is 19.9 Å². The van der Waals surface area contributed by atoms with E-state index in [1.54, 1.807) is 0 Å². The predicted molar refractivity (Wildman–Crippen MR) is 98.2 cm³/mol. The molecule has 0 aromatic heterocycles. The number of hydrogen-bond acceptors (Lipinski definition) is 5. The summed E-state index contributed by atoms with van der Waals surface area (Å²) in [4.78, 5) is 23.6. The second-order valence-electron chi connectivity index (χ2n) is 6.94. The molecule has 0 fully saturated rings. The summed E-state index contributed by atoms with van der Waals surface area (Å²) < 4.78 is 10.3. The molecule has 0 aliphatic heterocycles. The number of aliphatic hydroxyl groups excluding tert-OH is 1. The number of methoxy groups -OCH3 is 1. The van der Waals surface area contributed by atoms with Gasteiger partial charge in [0.15, 0.2) is 6.61 Å². The minimum Gasteiger partial charge on any atom is -0.482 e. The van der Waals surface area contributed by atoms with Gasteiger partial charge in [0.2, 0.25) is 5.91 Å². The fourth-order valence-electron chi connectivity index (χ4n) is 3.65. The number of ether oxygens (including phenoxy) is 2. The van der Waals surface area contributed by atoms with Gasteiger partial charge in [0.25, 0.3) is 0 Å². The Kier molecular flexibility index (Phi) is 7.03. The monoisotopic (exact) mass is 363 g/mol. The van der Waals surface area contributed by atoms with E-state index in [-0.39, 0.29) is 37.5 Å². The highest BCUT2D eigenvalue weighted by Gasteiger charge is 2.30. The number of aliphatic hydroxyl groups is 1. The molecule has 6 heteroatoms. The summed E-state index contributed by atoms with van der Waals surface area (Å²) >= 11 is 0. The van der Waals surface area contributed by atoms with Gasteiger partial charge in [0.05, 0.1) is 13.7 Å². The summed E-state index contributed by atoms with van der Waals surface area (Å²) in [6, 6.07) is 1.98. The molecule has 1 amide bonds. The molecule has 26 heavy (non-hydrogen) atoms. The van der Waals surface area contributed by atoms with E-state index < -0.39 is 5.97 Å². The average Bonchev–Trinajstić information content (AvgIpc) is 2.66. The van der Waals surface area contributed by atoms with Gasteiger partial charge in [-0.1, -0.05) is 6.92 Å². The average molecular weight is 363 g/mol. The Morgan fingerprint density at radius 2 is 2.08 bits per heavy atom. The van der Waals surface area contributed by atoms with Crippen LogP contribution in [0.15, 0.2) is 6.07 Å². The van der Waals surface area contributed by atoms with E-state index in [1.165, 1.54) is 18.2 Å². The maximum absolute atomic E-state index is 12.2. The highest BCUT2D eigenvalue weighted by molar-refractivity contribution is 5.78. The van der Waals surface area contributed by atoms with Gasteiger partial charge in [-0.3, -0.25) is 4.79 Å². The minimum atomic E-state index is -0.410. The van der Waals surface area contributed by atoms with Gasteiger partial charge in [-0.05, 0) is 67.3 Å². The van der Waals surface area contributed by atoms with Gasteiger partial charge < -0.3 is 19.9 Å². The number of rotatable bonds is 7. The standard InChI is InChI=1S/C20H29NO5/c1-12-9-18(26-11-19(23)25-4)14(3)17-10-15(5-6-16(12)17)13(2)20(24)21-7-8-22/h9,13,15,22H,5-8,10-11H2,1-4H3,(H,21,24)/t13-,15+/m0/s1. The lowest BCUT2D eigenvalue weighted by atomic mass is 9.74. The lowest BCUT2D eigenvalue weighted by molar-refractivity contribution is -0.142. The van der Waals surface area contributed by atoms with Gasteiger partial charge in [0.1, 0.15) is 5.75 Å². The van der Waals surface area contributed by atoms with Crippen molar-refractivity contribution in [2.24, 2.45) is 11.8 Å². The quantitative estimate of drug-likeness (QED) is 0.721. The molecule has 0 heterocycles. The van der Waals surface area contributed by atoms with Crippen LogP contribution in [0.1, 0.15) is 35.6 Å². The number of amides is 1. The number of nitrogens with one attached hydrogen (secondary N) is 1. The lowest BCUT2D eigenvalue weighted by Gasteiger charge is -2.31. The Hall–Kier alpha value is -2.08. The zero-order valence-electron chi connectivity index (χ0n) is 16.1. The molecular weight excluding hydrogens is 334 g/mol. The molecule has 0 unspecified atom stereocenters. The van der Waals surface area contributed by atoms with Crippen molar-refractivity contribution in [2.75, 3.05) is 26.9 Å². The van der Waals surface area contributed by atoms with Crippen molar-refractivity contribution in [3.63, 3.8) is 0 Å². The van der Waals surface area contributed by atoms with Gasteiger partial charge in [-0.25, -0.2) is 4.79 Å². The van der Waals surface area contributed by atoms with E-state index in [4.69, 9.17) is 9.84 Å². The van der Waals surface area contributed by atoms with Crippen molar-refractivity contribution in [3.05, 3.63) is 28.3 Å². The summed E-state index contributed by atoms with van der Waals surface area (Å²) in [6.07, 6.45) is 2.70. The van der Waals surface area contributed by atoms with Gasteiger partial charge in [0, 0.05) is 12.5 Å². The number of carbonyl (C=O) groups excluding carboxylic acids is 2. The molecule has 0 radical (unpaired) electrons. The first kappa shape index (κ1) is 20.2. The first-order chi connectivity index (χ1) is 12.4. The van der Waals surface area contributed by atoms with Crippen molar-refractivity contribution in [1.82, 2.24) is 5.32 Å². The Labute approximate surface area is 154 Å². The van der Waals surface area contributed by atoms with Crippen molar-refractivity contribution in [2.45, 2.75) is 40.0 Å². The van der Waals surface area contributed by atoms with Gasteiger partial charge >= 0.3 is 5.97 Å². The summed E-state index contributed by atoms with van der Waals surface area (Å²) in [5, 5.41) is 11.6. The van der Waals surface area contributed by atoms with Crippen LogP contribution in [0.25, 0.3) is 0 Å². The number of carbonyl (C=O) groups is 2. The van der Waals surface area contributed by atoms with E-state index in [2.05, 4.69) is 17.0 Å². The van der Waals surface area contributed by atoms with Crippen molar-refractivity contribution in [1.29, 1.82) is 0 Å². The molecule has 2 atom stereocenters. The Bertz CT molecular complexity index is 671. The van der Waals surface area contributed by atoms with Gasteiger partial charge in [-0.2, -0.15) is 0 Å². The van der Waals surface area contributed by atoms with Crippen LogP contribution in [0.5, 0.6) is 5.75 Å². The highest BCUT2D eigenvalue weighted by Crippen LogP contribution is 2.37. The Morgan fingerprint density at radius 1 is 1.35 bits per heavy atom. The second kappa shape index (κ2) is 9.03. The molecule has 6 nitrogen and oxygen atoms in total. The van der Waals surface area contributed by atoms with Crippen LogP contribution in [0.2, 0.25) is 0 Å². The lowest BCUT2D eigenvalue weighted by Crippen LogP contribution is -2.37. The number of benzene rings is 1. The second-order valence-corrected chi connectivity index (χ2v) is 6.94. The third-order valence-corrected chi connectivity index (χ3v) is 5.35. The zero-order valence-corrected chi connectivity index (χ0v) is 16.1. The molecule has 2 rings (SSSR count). The maximum Gasteiger partial charge on any atom is 0.343 e. The minimum absolute atomic E-state index is 0.0139. The van der Waals surface area contributed by atoms with Crippen LogP contribution in [-0.2, 0) is 27.2 Å². The van der Waals surface area contributed by atoms with Crippen molar-refractivity contribution in [3.8, 4) is 5.75 Å². The van der Waals surface area contributed by atoms with Crippen molar-refractivity contribution >= 4 is 11.9 Å². The molecule has 1 aromatic carbocycles. The Balaban J connectivity index is 2.18. The Morgan fingerprint density at radius 3 is 2.73 bits per heavy atom. The van der Waals surface area contributed by atoms with Crippen LogP contribution in [-0.4, -0.2) is 43.9 Å². The highest BCUT2D eigenvalue weighted by atomic mass is 16.6. The molecule has 144 valence electrons. The number of hydrogen-bond donors (Lipinski definition) is 2. The molecule has 1 aromatic rings. The molecule has 0 saturated heterocycles. The van der Waals surface area contributed by atoms with E-state index in [0.29, 0.717) is 5.75 Å². The molecular formula is C20H29NO5. The van der Waals surface area contributed by atoms with Crippen molar-refractivity contribution < 1.29 is 24.2 Å². The van der Waals surface area contributed by atoms with Gasteiger partial charge in [-0.15, -0.1) is 0 Å². The summed E-state index contributed by atoms with van der Waals surface area (Å²) in [5.41, 5.74) is 4.73. The molecule has 0 bridgehead atoms. The topological polar surface area (TPSA) is 84.9 Å². The molecule has 0 spiro atoms. The number of esters is 1. The SMILES string of the molecule is COC(=O)COc1cc(C)c2c(c1C)C[C@H]([C@H](C)C(=O)NCCO)CC2. The normalized spacial score (nSPS) is 17.2. The fraction of sp³-hybridized carbons (Fsp3) is 0.600. The number of fused-ring (bicyclic) bond motifs is 1. The van der Waals surface area contributed by atoms with Crippen LogP contribution in [0.4, 0.5) is 0 Å². The van der Waals surface area contributed by atoms with Crippen LogP contribution < -0.4 is 10.1 Å². The third-order valence-electron chi connectivity index (χ3n) is 5.35. The largest absolute Gasteiger partial charge is 0.482 e. The molecule has 1 aliphatic rings. The number of aryl methyl sites for hydroxylation is 1. The summed E-state index contributed by atoms with van der Waals surface area (Å²) in [7, 11) is 1.34. The van der Waals surface area contributed by atoms with E-state index in [9.17, 15) is 9.59 Å². The fourth-order valence-corrected chi connectivity index (χ4v) is 3.65.